The molecular formula is C21H24N6O. The minimum atomic E-state index is -0.0782. The summed E-state index contributed by atoms with van der Waals surface area (Å²) in [6.07, 6.45) is 3.45. The molecule has 0 atom stereocenters. The van der Waals surface area contributed by atoms with E-state index in [9.17, 15) is 4.79 Å². The van der Waals surface area contributed by atoms with Crippen LogP contribution < -0.4 is 10.5 Å². The molecule has 7 heteroatoms. The first-order chi connectivity index (χ1) is 13.4. The number of aromatic nitrogens is 5. The molecule has 144 valence electrons. The van der Waals surface area contributed by atoms with E-state index in [1.807, 2.05) is 24.3 Å². The Labute approximate surface area is 164 Å². The summed E-state index contributed by atoms with van der Waals surface area (Å²) >= 11 is 0. The molecule has 4 rings (SSSR count). The van der Waals surface area contributed by atoms with Gasteiger partial charge >= 0.3 is 0 Å². The van der Waals surface area contributed by atoms with Gasteiger partial charge in [-0.1, -0.05) is 20.8 Å². The van der Waals surface area contributed by atoms with Gasteiger partial charge in [-0.2, -0.15) is 10.2 Å². The van der Waals surface area contributed by atoms with Crippen LogP contribution in [0.1, 0.15) is 26.5 Å². The lowest BCUT2D eigenvalue weighted by Crippen LogP contribution is -2.50. The van der Waals surface area contributed by atoms with Crippen molar-refractivity contribution in [3.8, 4) is 11.3 Å². The van der Waals surface area contributed by atoms with E-state index in [0.29, 0.717) is 12.5 Å². The topological polar surface area (TPSA) is 76.8 Å². The third-order valence-electron chi connectivity index (χ3n) is 4.97. The molecule has 0 N–H and O–H groups in total. The number of hydrogen-bond donors (Lipinski definition) is 0. The van der Waals surface area contributed by atoms with Gasteiger partial charge in [-0.15, -0.1) is 5.10 Å². The Kier molecular flexibility index (Phi) is 4.66. The normalized spacial score (nSPS) is 14.8. The van der Waals surface area contributed by atoms with Gasteiger partial charge in [0, 0.05) is 48.4 Å². The second-order valence-corrected chi connectivity index (χ2v) is 8.27. The fourth-order valence-electron chi connectivity index (χ4n) is 3.27. The van der Waals surface area contributed by atoms with E-state index in [1.165, 1.54) is 0 Å². The zero-order chi connectivity index (χ0) is 19.7. The number of pyridine rings is 1. The largest absolute Gasteiger partial charge is 0.354 e. The second kappa shape index (κ2) is 7.14. The first kappa shape index (κ1) is 18.3. The molecule has 28 heavy (non-hydrogen) atoms. The Bertz CT molecular complexity index is 1000. The van der Waals surface area contributed by atoms with E-state index < -0.39 is 0 Å². The molecule has 1 aliphatic rings. The van der Waals surface area contributed by atoms with E-state index in [2.05, 4.69) is 46.0 Å². The van der Waals surface area contributed by atoms with E-state index in [4.69, 9.17) is 0 Å². The van der Waals surface area contributed by atoms with E-state index in [0.717, 1.165) is 35.9 Å². The molecule has 0 saturated carbocycles. The molecule has 1 fully saturated rings. The van der Waals surface area contributed by atoms with Gasteiger partial charge in [0.25, 0.3) is 5.56 Å². The van der Waals surface area contributed by atoms with Gasteiger partial charge in [-0.3, -0.25) is 9.78 Å². The fourth-order valence-corrected chi connectivity index (χ4v) is 3.27. The van der Waals surface area contributed by atoms with Gasteiger partial charge < -0.3 is 4.90 Å². The maximum Gasteiger partial charge on any atom is 0.266 e. The van der Waals surface area contributed by atoms with Crippen LogP contribution in [-0.4, -0.2) is 38.1 Å². The van der Waals surface area contributed by atoms with E-state index in [-0.39, 0.29) is 11.0 Å². The quantitative estimate of drug-likeness (QED) is 0.696. The Hall–Kier alpha value is -3.09. The summed E-state index contributed by atoms with van der Waals surface area (Å²) in [4.78, 5) is 18.4. The van der Waals surface area contributed by atoms with Gasteiger partial charge in [0.1, 0.15) is 0 Å². The van der Waals surface area contributed by atoms with Crippen molar-refractivity contribution < 1.29 is 0 Å². The highest BCUT2D eigenvalue weighted by atomic mass is 16.1. The van der Waals surface area contributed by atoms with Crippen LogP contribution in [0.15, 0.2) is 53.6 Å². The van der Waals surface area contributed by atoms with Gasteiger partial charge in [-0.05, 0) is 30.3 Å². The molecule has 0 aliphatic carbocycles. The molecular weight excluding hydrogens is 352 g/mol. The van der Waals surface area contributed by atoms with Crippen LogP contribution in [0.4, 0.5) is 5.82 Å². The monoisotopic (exact) mass is 376 g/mol. The average Bonchev–Trinajstić information content (AvgIpc) is 2.66. The summed E-state index contributed by atoms with van der Waals surface area (Å²) in [6, 6.07) is 11.2. The average molecular weight is 376 g/mol. The van der Waals surface area contributed by atoms with Crippen LogP contribution in [0.5, 0.6) is 0 Å². The van der Waals surface area contributed by atoms with Gasteiger partial charge in [-0.25, -0.2) is 4.68 Å². The van der Waals surface area contributed by atoms with Crippen LogP contribution in [-0.2, 0) is 12.0 Å². The number of hydrogen-bond acceptors (Lipinski definition) is 6. The summed E-state index contributed by atoms with van der Waals surface area (Å²) in [5.41, 5.74) is 2.63. The van der Waals surface area contributed by atoms with Crippen molar-refractivity contribution in [2.24, 2.45) is 5.92 Å². The smallest absolute Gasteiger partial charge is 0.266 e. The second-order valence-electron chi connectivity index (χ2n) is 8.27. The Morgan fingerprint density at radius 3 is 2.39 bits per heavy atom. The van der Waals surface area contributed by atoms with E-state index in [1.54, 1.807) is 29.2 Å². The van der Waals surface area contributed by atoms with Crippen LogP contribution >= 0.6 is 0 Å². The number of nitrogens with zero attached hydrogens (tertiary/aromatic N) is 6. The lowest BCUT2D eigenvalue weighted by Gasteiger charge is -2.40. The maximum atomic E-state index is 12.2. The first-order valence-electron chi connectivity index (χ1n) is 9.48. The van der Waals surface area contributed by atoms with Gasteiger partial charge in [0.05, 0.1) is 17.9 Å². The molecule has 3 aromatic heterocycles. The van der Waals surface area contributed by atoms with Crippen molar-refractivity contribution in [2.45, 2.75) is 32.7 Å². The lowest BCUT2D eigenvalue weighted by molar-refractivity contribution is 0.332. The SMILES string of the molecule is CC(C)(C)c1ccc(N2CC(Cn3nc(-c4ccncc4)ccc3=O)C2)nn1. The molecule has 0 amide bonds. The fraction of sp³-hybridized carbons (Fsp3) is 0.381. The summed E-state index contributed by atoms with van der Waals surface area (Å²) < 4.78 is 1.56. The van der Waals surface area contributed by atoms with Crippen LogP contribution in [0, 0.1) is 5.92 Å². The maximum absolute atomic E-state index is 12.2. The highest BCUT2D eigenvalue weighted by Crippen LogP contribution is 2.25. The third-order valence-corrected chi connectivity index (χ3v) is 4.97. The molecule has 0 radical (unpaired) electrons. The standard InChI is InChI=1S/C21H24N6O/c1-21(2,3)18-5-6-19(24-23-18)26-12-15(13-26)14-27-20(28)7-4-17(25-27)16-8-10-22-11-9-16/h4-11,15H,12-14H2,1-3H3. The molecule has 0 bridgehead atoms. The lowest BCUT2D eigenvalue weighted by atomic mass is 9.92. The van der Waals surface area contributed by atoms with Crippen LogP contribution in [0.2, 0.25) is 0 Å². The van der Waals surface area contributed by atoms with E-state index >= 15 is 0 Å². The van der Waals surface area contributed by atoms with Crippen molar-refractivity contribution in [3.05, 3.63) is 64.8 Å². The molecule has 1 aliphatic heterocycles. The number of rotatable bonds is 4. The predicted octanol–water partition coefficient (Wildman–Crippen LogP) is 2.53. The summed E-state index contributed by atoms with van der Waals surface area (Å²) in [5, 5.41) is 13.3. The Morgan fingerprint density at radius 2 is 1.75 bits per heavy atom. The predicted molar refractivity (Wildman–Crippen MR) is 108 cm³/mol. The third kappa shape index (κ3) is 3.78. The summed E-state index contributed by atoms with van der Waals surface area (Å²) in [5.74, 6) is 1.25. The molecule has 0 spiro atoms. The molecule has 0 unspecified atom stereocenters. The Balaban J connectivity index is 1.41. The highest BCUT2D eigenvalue weighted by Gasteiger charge is 2.29. The zero-order valence-corrected chi connectivity index (χ0v) is 16.4. The van der Waals surface area contributed by atoms with Crippen molar-refractivity contribution in [2.75, 3.05) is 18.0 Å². The van der Waals surface area contributed by atoms with Gasteiger partial charge in [0.15, 0.2) is 5.82 Å². The zero-order valence-electron chi connectivity index (χ0n) is 16.4. The van der Waals surface area contributed by atoms with Crippen molar-refractivity contribution in [3.63, 3.8) is 0 Å². The molecule has 4 heterocycles. The minimum absolute atomic E-state index is 0.00428. The highest BCUT2D eigenvalue weighted by molar-refractivity contribution is 5.57. The molecule has 7 nitrogen and oxygen atoms in total. The van der Waals surface area contributed by atoms with Crippen molar-refractivity contribution in [1.82, 2.24) is 25.0 Å². The minimum Gasteiger partial charge on any atom is -0.354 e. The summed E-state index contributed by atoms with van der Waals surface area (Å²) in [7, 11) is 0. The summed E-state index contributed by atoms with van der Waals surface area (Å²) in [6.45, 7) is 8.67. The van der Waals surface area contributed by atoms with Crippen LogP contribution in [0.25, 0.3) is 11.3 Å². The Morgan fingerprint density at radius 1 is 1.00 bits per heavy atom. The van der Waals surface area contributed by atoms with Crippen molar-refractivity contribution in [1.29, 1.82) is 0 Å². The van der Waals surface area contributed by atoms with Crippen molar-refractivity contribution >= 4 is 5.82 Å². The molecule has 1 saturated heterocycles. The first-order valence-corrected chi connectivity index (χ1v) is 9.48. The van der Waals surface area contributed by atoms with Crippen LogP contribution in [0.3, 0.4) is 0 Å². The molecule has 3 aromatic rings. The number of anilines is 1. The van der Waals surface area contributed by atoms with Gasteiger partial charge in [0.2, 0.25) is 0 Å². The molecule has 0 aromatic carbocycles.